The maximum atomic E-state index is 11.7. The third-order valence-electron chi connectivity index (χ3n) is 3.74. The van der Waals surface area contributed by atoms with E-state index in [1.807, 2.05) is 12.1 Å². The maximum Gasteiger partial charge on any atom is 0.374 e. The molecule has 1 N–H and O–H groups in total. The van der Waals surface area contributed by atoms with Crippen LogP contribution in [0.15, 0.2) is 36.9 Å². The van der Waals surface area contributed by atoms with Crippen LogP contribution in [0.3, 0.4) is 0 Å². The molecule has 0 radical (unpaired) electrons. The molecule has 1 aliphatic rings. The monoisotopic (exact) mass is 363 g/mol. The minimum atomic E-state index is -0.787. The molecule has 7 heteroatoms. The van der Waals surface area contributed by atoms with Crippen molar-refractivity contribution >= 4 is 29.5 Å². The summed E-state index contributed by atoms with van der Waals surface area (Å²) in [5, 5.41) is 3.52. The molecule has 0 aromatic heterocycles. The molecule has 134 valence electrons. The molecule has 2 unspecified atom stereocenters. The van der Waals surface area contributed by atoms with Gasteiger partial charge in [-0.3, -0.25) is 4.79 Å². The van der Waals surface area contributed by atoms with Gasteiger partial charge in [0.2, 0.25) is 5.78 Å². The summed E-state index contributed by atoms with van der Waals surface area (Å²) in [6.45, 7) is 3.70. The number of rotatable bonds is 9. The first kappa shape index (κ1) is 19.2. The molecule has 0 bridgehead atoms. The second-order valence-electron chi connectivity index (χ2n) is 5.60. The largest absolute Gasteiger partial charge is 0.463 e. The van der Waals surface area contributed by atoms with E-state index in [1.165, 1.54) is 13.2 Å². The van der Waals surface area contributed by atoms with Crippen LogP contribution in [0.1, 0.15) is 28.8 Å². The average molecular weight is 363 g/mol. The van der Waals surface area contributed by atoms with Crippen LogP contribution in [-0.2, 0) is 24.8 Å². The Morgan fingerprint density at radius 1 is 1.32 bits per heavy atom. The van der Waals surface area contributed by atoms with Crippen molar-refractivity contribution < 1.29 is 23.9 Å². The summed E-state index contributed by atoms with van der Waals surface area (Å²) in [7, 11) is 1.21. The zero-order chi connectivity index (χ0) is 18.2. The lowest BCUT2D eigenvalue weighted by atomic mass is 10.0. The lowest BCUT2D eigenvalue weighted by Crippen LogP contribution is -2.51. The Labute approximate surface area is 150 Å². The molecule has 0 saturated carbocycles. The van der Waals surface area contributed by atoms with E-state index in [0.717, 1.165) is 17.7 Å². The zero-order valence-corrected chi connectivity index (χ0v) is 14.8. The molecular formula is C18H21NO5S. The second kappa shape index (κ2) is 9.39. The van der Waals surface area contributed by atoms with Crippen LogP contribution in [0.2, 0.25) is 0 Å². The Bertz CT molecular complexity index is 637. The summed E-state index contributed by atoms with van der Waals surface area (Å²) in [6, 6.07) is 7.31. The maximum absolute atomic E-state index is 11.7. The number of ether oxygens (including phenoxy) is 2. The first-order valence-corrected chi connectivity index (χ1v) is 8.94. The number of benzene rings is 1. The van der Waals surface area contributed by atoms with Crippen molar-refractivity contribution in [2.24, 2.45) is 0 Å². The number of ketones is 1. The molecule has 2 atom stereocenters. The molecule has 1 fully saturated rings. The van der Waals surface area contributed by atoms with Crippen LogP contribution >= 0.6 is 11.8 Å². The highest BCUT2D eigenvalue weighted by molar-refractivity contribution is 7.99. The highest BCUT2D eigenvalue weighted by Gasteiger charge is 2.31. The summed E-state index contributed by atoms with van der Waals surface area (Å²) in [5.74, 6) is -0.859. The number of carbonyl (C=O) groups is 3. The predicted molar refractivity (Wildman–Crippen MR) is 95.2 cm³/mol. The second-order valence-corrected chi connectivity index (χ2v) is 6.79. The molecule has 25 heavy (non-hydrogen) atoms. The van der Waals surface area contributed by atoms with Gasteiger partial charge >= 0.3 is 11.9 Å². The number of thioether (sulfide) groups is 1. The van der Waals surface area contributed by atoms with Gasteiger partial charge in [0.05, 0.1) is 18.0 Å². The highest BCUT2D eigenvalue weighted by Crippen LogP contribution is 2.28. The Morgan fingerprint density at radius 2 is 2.00 bits per heavy atom. The number of methoxy groups -OCH3 is 1. The van der Waals surface area contributed by atoms with Crippen molar-refractivity contribution in [2.45, 2.75) is 30.0 Å². The SMILES string of the molecule is C=CCOC(=O)c1ccc(CSC2CC(CC(=O)C(=O)OC)N2)cc1. The normalized spacial score (nSPS) is 18.8. The van der Waals surface area contributed by atoms with E-state index in [4.69, 9.17) is 4.74 Å². The summed E-state index contributed by atoms with van der Waals surface area (Å²) in [5.41, 5.74) is 1.61. The van der Waals surface area contributed by atoms with Crippen LogP contribution in [0.5, 0.6) is 0 Å². The zero-order valence-electron chi connectivity index (χ0n) is 14.0. The first-order valence-electron chi connectivity index (χ1n) is 7.89. The summed E-state index contributed by atoms with van der Waals surface area (Å²) < 4.78 is 9.38. The van der Waals surface area contributed by atoms with Gasteiger partial charge in [-0.1, -0.05) is 24.8 Å². The van der Waals surface area contributed by atoms with Crippen molar-refractivity contribution in [2.75, 3.05) is 13.7 Å². The number of carbonyl (C=O) groups excluding carboxylic acids is 3. The number of Topliss-reactive ketones (excluding diaryl/α,β-unsaturated/α-hetero) is 1. The number of esters is 2. The van der Waals surface area contributed by atoms with Crippen molar-refractivity contribution in [3.8, 4) is 0 Å². The van der Waals surface area contributed by atoms with E-state index >= 15 is 0 Å². The number of hydrogen-bond acceptors (Lipinski definition) is 7. The van der Waals surface area contributed by atoms with Crippen molar-refractivity contribution in [1.29, 1.82) is 0 Å². The third kappa shape index (κ3) is 5.72. The Balaban J connectivity index is 1.69. The van der Waals surface area contributed by atoms with Crippen LogP contribution in [-0.4, -0.2) is 42.9 Å². The van der Waals surface area contributed by atoms with Gasteiger partial charge in [-0.15, -0.1) is 11.8 Å². The quantitative estimate of drug-likeness (QED) is 0.409. The molecule has 0 amide bonds. The van der Waals surface area contributed by atoms with E-state index in [1.54, 1.807) is 23.9 Å². The molecular weight excluding hydrogens is 342 g/mol. The lowest BCUT2D eigenvalue weighted by Gasteiger charge is -2.36. The molecule has 0 aliphatic carbocycles. The van der Waals surface area contributed by atoms with Gasteiger partial charge in [-0.05, 0) is 24.1 Å². The van der Waals surface area contributed by atoms with Crippen LogP contribution in [0, 0.1) is 0 Å². The standard InChI is InChI=1S/C18H21NO5S/c1-3-8-24-17(21)13-6-4-12(5-7-13)11-25-16-10-14(19-16)9-15(20)18(22)23-2/h3-7,14,16,19H,1,8-11H2,2H3. The van der Waals surface area contributed by atoms with E-state index in [0.29, 0.717) is 5.56 Å². The van der Waals surface area contributed by atoms with Crippen molar-refractivity contribution in [3.63, 3.8) is 0 Å². The molecule has 1 heterocycles. The third-order valence-corrected chi connectivity index (χ3v) is 4.97. The fourth-order valence-corrected chi connectivity index (χ4v) is 3.57. The van der Waals surface area contributed by atoms with Gasteiger partial charge in [0.1, 0.15) is 6.61 Å². The molecule has 2 rings (SSSR count). The van der Waals surface area contributed by atoms with Gasteiger partial charge in [-0.25, -0.2) is 9.59 Å². The van der Waals surface area contributed by atoms with E-state index < -0.39 is 11.8 Å². The van der Waals surface area contributed by atoms with Gasteiger partial charge in [-0.2, -0.15) is 0 Å². The smallest absolute Gasteiger partial charge is 0.374 e. The topological polar surface area (TPSA) is 81.7 Å². The Kier molecular flexibility index (Phi) is 7.21. The summed E-state index contributed by atoms with van der Waals surface area (Å²) in [6.07, 6.45) is 2.53. The van der Waals surface area contributed by atoms with Crippen LogP contribution < -0.4 is 5.32 Å². The number of nitrogens with one attached hydrogen (secondary N) is 1. The fraction of sp³-hybridized carbons (Fsp3) is 0.389. The highest BCUT2D eigenvalue weighted by atomic mass is 32.2. The van der Waals surface area contributed by atoms with E-state index in [2.05, 4.69) is 16.6 Å². The summed E-state index contributed by atoms with van der Waals surface area (Å²) in [4.78, 5) is 34.2. The van der Waals surface area contributed by atoms with Gasteiger partial charge < -0.3 is 14.8 Å². The molecule has 1 aromatic rings. The average Bonchev–Trinajstić information content (AvgIpc) is 2.60. The van der Waals surface area contributed by atoms with E-state index in [-0.39, 0.29) is 30.4 Å². The minimum absolute atomic E-state index is 0.0334. The van der Waals surface area contributed by atoms with Crippen molar-refractivity contribution in [1.82, 2.24) is 5.32 Å². The molecule has 6 nitrogen and oxygen atoms in total. The lowest BCUT2D eigenvalue weighted by molar-refractivity contribution is -0.152. The van der Waals surface area contributed by atoms with Gasteiger partial charge in [0, 0.05) is 18.2 Å². The molecule has 0 spiro atoms. The van der Waals surface area contributed by atoms with Crippen molar-refractivity contribution in [3.05, 3.63) is 48.0 Å². The molecule has 1 saturated heterocycles. The van der Waals surface area contributed by atoms with Gasteiger partial charge in [0.25, 0.3) is 0 Å². The Hall–Kier alpha value is -2.12. The molecule has 1 aliphatic heterocycles. The summed E-state index contributed by atoms with van der Waals surface area (Å²) >= 11 is 1.72. The van der Waals surface area contributed by atoms with Gasteiger partial charge in [0.15, 0.2) is 0 Å². The minimum Gasteiger partial charge on any atom is -0.463 e. The number of hydrogen-bond donors (Lipinski definition) is 1. The molecule has 1 aromatic carbocycles. The van der Waals surface area contributed by atoms with E-state index in [9.17, 15) is 14.4 Å². The first-order chi connectivity index (χ1) is 12.0. The predicted octanol–water partition coefficient (Wildman–Crippen LogP) is 2.08. The fourth-order valence-electron chi connectivity index (χ4n) is 2.33. The van der Waals surface area contributed by atoms with Crippen LogP contribution in [0.4, 0.5) is 0 Å². The van der Waals surface area contributed by atoms with Crippen LogP contribution in [0.25, 0.3) is 0 Å². The Morgan fingerprint density at radius 3 is 2.60 bits per heavy atom.